The van der Waals surface area contributed by atoms with E-state index in [4.69, 9.17) is 31.2 Å². The molecule has 0 aliphatic heterocycles. The largest absolute Gasteiger partial charge is 0.486 e. The molecule has 23 heavy (non-hydrogen) atoms. The predicted octanol–water partition coefficient (Wildman–Crippen LogP) is 3.25. The molecule has 5 nitrogen and oxygen atoms in total. The second-order valence-corrected chi connectivity index (χ2v) is 5.54. The zero-order valence-corrected chi connectivity index (χ0v) is 13.9. The van der Waals surface area contributed by atoms with Gasteiger partial charge >= 0.3 is 5.97 Å². The highest BCUT2D eigenvalue weighted by Gasteiger charge is 2.17. The molecule has 0 fully saturated rings. The Hall–Kier alpha value is -1.98. The van der Waals surface area contributed by atoms with Gasteiger partial charge in [0.05, 0.1) is 6.61 Å². The fourth-order valence-corrected chi connectivity index (χ4v) is 2.14. The highest BCUT2D eigenvalue weighted by Crippen LogP contribution is 2.22. The maximum atomic E-state index is 11.5. The molecule has 2 N–H and O–H groups in total. The Morgan fingerprint density at radius 3 is 2.74 bits per heavy atom. The minimum Gasteiger partial charge on any atom is -0.486 e. The Morgan fingerprint density at radius 1 is 1.30 bits per heavy atom. The van der Waals surface area contributed by atoms with Crippen LogP contribution in [0, 0.1) is 6.92 Å². The quantitative estimate of drug-likeness (QED) is 0.785. The van der Waals surface area contributed by atoms with Crippen molar-refractivity contribution < 1.29 is 18.7 Å². The highest BCUT2D eigenvalue weighted by molar-refractivity contribution is 6.31. The van der Waals surface area contributed by atoms with Crippen molar-refractivity contribution in [3.8, 4) is 5.75 Å². The highest BCUT2D eigenvalue weighted by atomic mass is 35.5. The van der Waals surface area contributed by atoms with Gasteiger partial charge < -0.3 is 19.6 Å². The average molecular weight is 338 g/mol. The van der Waals surface area contributed by atoms with Crippen molar-refractivity contribution >= 4 is 17.6 Å². The van der Waals surface area contributed by atoms with Crippen LogP contribution in [0.3, 0.4) is 0 Å². The SMILES string of the molecule is CCOC(=O)C(N)Cc1ccc(COc2ccc(Cl)c(C)c2)o1. The van der Waals surface area contributed by atoms with E-state index in [-0.39, 0.29) is 6.61 Å². The summed E-state index contributed by atoms with van der Waals surface area (Å²) >= 11 is 5.97. The van der Waals surface area contributed by atoms with Crippen LogP contribution in [0.25, 0.3) is 0 Å². The number of furan rings is 1. The number of rotatable bonds is 7. The molecule has 0 saturated heterocycles. The number of hydrogen-bond donors (Lipinski definition) is 1. The van der Waals surface area contributed by atoms with Crippen LogP contribution < -0.4 is 10.5 Å². The Balaban J connectivity index is 1.89. The summed E-state index contributed by atoms with van der Waals surface area (Å²) in [4.78, 5) is 11.5. The molecular weight excluding hydrogens is 318 g/mol. The Bertz CT molecular complexity index is 668. The molecule has 0 amide bonds. The molecule has 0 spiro atoms. The Labute approximate surface area is 140 Å². The summed E-state index contributed by atoms with van der Waals surface area (Å²) in [6, 6.07) is 8.31. The Morgan fingerprint density at radius 2 is 2.04 bits per heavy atom. The van der Waals surface area contributed by atoms with E-state index in [1.807, 2.05) is 13.0 Å². The molecule has 0 radical (unpaired) electrons. The van der Waals surface area contributed by atoms with Crippen molar-refractivity contribution in [3.63, 3.8) is 0 Å². The molecule has 2 rings (SSSR count). The van der Waals surface area contributed by atoms with Gasteiger partial charge in [0, 0.05) is 11.4 Å². The summed E-state index contributed by atoms with van der Waals surface area (Å²) < 4.78 is 16.1. The number of aryl methyl sites for hydroxylation is 1. The first-order valence-corrected chi connectivity index (χ1v) is 7.76. The van der Waals surface area contributed by atoms with Crippen LogP contribution in [0.2, 0.25) is 5.02 Å². The zero-order chi connectivity index (χ0) is 16.8. The molecular formula is C17H20ClNO4. The summed E-state index contributed by atoms with van der Waals surface area (Å²) in [6.45, 7) is 4.25. The van der Waals surface area contributed by atoms with Crippen molar-refractivity contribution in [2.75, 3.05) is 6.61 Å². The first kappa shape index (κ1) is 17.4. The number of carbonyl (C=O) groups is 1. The van der Waals surface area contributed by atoms with E-state index in [0.29, 0.717) is 35.3 Å². The molecule has 1 atom stereocenters. The second kappa shape index (κ2) is 8.04. The second-order valence-electron chi connectivity index (χ2n) is 5.13. The van der Waals surface area contributed by atoms with Gasteiger partial charge in [-0.3, -0.25) is 4.79 Å². The van der Waals surface area contributed by atoms with E-state index < -0.39 is 12.0 Å². The first-order chi connectivity index (χ1) is 11.0. The lowest BCUT2D eigenvalue weighted by Gasteiger charge is -2.08. The lowest BCUT2D eigenvalue weighted by molar-refractivity contribution is -0.144. The molecule has 6 heteroatoms. The van der Waals surface area contributed by atoms with E-state index in [0.717, 1.165) is 5.56 Å². The van der Waals surface area contributed by atoms with Gasteiger partial charge in [0.15, 0.2) is 0 Å². The monoisotopic (exact) mass is 337 g/mol. The molecule has 1 aromatic carbocycles. The number of benzene rings is 1. The van der Waals surface area contributed by atoms with Crippen molar-refractivity contribution in [1.29, 1.82) is 0 Å². The molecule has 1 aromatic heterocycles. The maximum absolute atomic E-state index is 11.5. The minimum absolute atomic E-state index is 0.287. The van der Waals surface area contributed by atoms with Gasteiger partial charge in [-0.05, 0) is 49.7 Å². The minimum atomic E-state index is -0.728. The lowest BCUT2D eigenvalue weighted by atomic mass is 10.2. The van der Waals surface area contributed by atoms with Crippen LogP contribution >= 0.6 is 11.6 Å². The molecule has 0 aliphatic carbocycles. The normalized spacial score (nSPS) is 12.0. The van der Waals surface area contributed by atoms with Crippen LogP contribution in [0.5, 0.6) is 5.75 Å². The van der Waals surface area contributed by atoms with Gasteiger partial charge in [-0.15, -0.1) is 0 Å². The average Bonchev–Trinajstić information content (AvgIpc) is 2.96. The van der Waals surface area contributed by atoms with Crippen molar-refractivity contribution in [2.24, 2.45) is 5.73 Å². The van der Waals surface area contributed by atoms with Crippen LogP contribution in [-0.2, 0) is 22.6 Å². The fraction of sp³-hybridized carbons (Fsp3) is 0.353. The molecule has 124 valence electrons. The summed E-state index contributed by atoms with van der Waals surface area (Å²) in [5, 5.41) is 0.700. The number of halogens is 1. The third-order valence-electron chi connectivity index (χ3n) is 3.24. The lowest BCUT2D eigenvalue weighted by Crippen LogP contribution is -2.34. The van der Waals surface area contributed by atoms with Gasteiger partial charge in [0.25, 0.3) is 0 Å². The smallest absolute Gasteiger partial charge is 0.323 e. The molecule has 1 unspecified atom stereocenters. The standard InChI is InChI=1S/C17H20ClNO4/c1-3-21-17(20)16(19)9-13-4-5-14(23-13)10-22-12-6-7-15(18)11(2)8-12/h4-8,16H,3,9-10,19H2,1-2H3. The van der Waals surface area contributed by atoms with E-state index in [9.17, 15) is 4.79 Å². The summed E-state index contributed by atoms with van der Waals surface area (Å²) in [5.41, 5.74) is 6.71. The summed E-state index contributed by atoms with van der Waals surface area (Å²) in [5.74, 6) is 1.56. The van der Waals surface area contributed by atoms with Crippen molar-refractivity contribution in [3.05, 3.63) is 52.4 Å². The first-order valence-electron chi connectivity index (χ1n) is 7.38. The van der Waals surface area contributed by atoms with Gasteiger partial charge in [-0.25, -0.2) is 0 Å². The number of ether oxygens (including phenoxy) is 2. The summed E-state index contributed by atoms with van der Waals surface area (Å²) in [7, 11) is 0. The number of nitrogens with two attached hydrogens (primary N) is 1. The van der Waals surface area contributed by atoms with Crippen molar-refractivity contribution in [2.45, 2.75) is 32.9 Å². The molecule has 0 bridgehead atoms. The fourth-order valence-electron chi connectivity index (χ4n) is 2.02. The topological polar surface area (TPSA) is 74.7 Å². The number of esters is 1. The van der Waals surface area contributed by atoms with E-state index in [2.05, 4.69) is 0 Å². The Kier molecular flexibility index (Phi) is 6.07. The van der Waals surface area contributed by atoms with Crippen LogP contribution in [0.4, 0.5) is 0 Å². The van der Waals surface area contributed by atoms with Gasteiger partial charge in [0.2, 0.25) is 0 Å². The van der Waals surface area contributed by atoms with E-state index >= 15 is 0 Å². The zero-order valence-electron chi connectivity index (χ0n) is 13.2. The summed E-state index contributed by atoms with van der Waals surface area (Å²) in [6.07, 6.45) is 0.291. The van der Waals surface area contributed by atoms with E-state index in [1.54, 1.807) is 31.2 Å². The van der Waals surface area contributed by atoms with E-state index in [1.165, 1.54) is 0 Å². The molecule has 0 aliphatic rings. The molecule has 0 saturated carbocycles. The predicted molar refractivity (Wildman–Crippen MR) is 87.5 cm³/mol. The third kappa shape index (κ3) is 5.01. The maximum Gasteiger partial charge on any atom is 0.323 e. The van der Waals surface area contributed by atoms with Crippen LogP contribution in [-0.4, -0.2) is 18.6 Å². The van der Waals surface area contributed by atoms with Gasteiger partial charge in [-0.2, -0.15) is 0 Å². The molecule has 2 aromatic rings. The van der Waals surface area contributed by atoms with Crippen LogP contribution in [0.1, 0.15) is 24.0 Å². The number of carbonyl (C=O) groups excluding carboxylic acids is 1. The van der Waals surface area contributed by atoms with Gasteiger partial charge in [-0.1, -0.05) is 11.6 Å². The van der Waals surface area contributed by atoms with Crippen molar-refractivity contribution in [1.82, 2.24) is 0 Å². The number of hydrogen-bond acceptors (Lipinski definition) is 5. The van der Waals surface area contributed by atoms with Gasteiger partial charge in [0.1, 0.15) is 29.9 Å². The van der Waals surface area contributed by atoms with Crippen LogP contribution in [0.15, 0.2) is 34.7 Å². The third-order valence-corrected chi connectivity index (χ3v) is 3.66. The molecule has 1 heterocycles.